The monoisotopic (exact) mass is 467 g/mol. The number of anilines is 1. The second-order valence-electron chi connectivity index (χ2n) is 8.01. The first-order valence-electron chi connectivity index (χ1n) is 10.5. The number of aliphatic hydroxyl groups is 1. The molecule has 33 heavy (non-hydrogen) atoms. The van der Waals surface area contributed by atoms with Crippen LogP contribution in [0.4, 0.5) is 5.82 Å². The van der Waals surface area contributed by atoms with Crippen LogP contribution in [-0.4, -0.2) is 58.9 Å². The quantitative estimate of drug-likeness (QED) is 0.502. The molecule has 0 unspecified atom stereocenters. The minimum absolute atomic E-state index is 0.0139. The van der Waals surface area contributed by atoms with Crippen molar-refractivity contribution in [2.24, 2.45) is 5.73 Å². The van der Waals surface area contributed by atoms with E-state index < -0.39 is 22.0 Å². The molecular formula is C23H25N5O4S. The van der Waals surface area contributed by atoms with Crippen LogP contribution in [0.3, 0.4) is 0 Å². The second-order valence-corrected chi connectivity index (χ2v) is 9.95. The van der Waals surface area contributed by atoms with E-state index >= 15 is 0 Å². The van der Waals surface area contributed by atoms with E-state index in [-0.39, 0.29) is 29.7 Å². The number of piperidine rings is 1. The number of carbonyl (C=O) groups excluding carboxylic acids is 1. The fourth-order valence-corrected chi connectivity index (χ4v) is 5.22. The van der Waals surface area contributed by atoms with Gasteiger partial charge >= 0.3 is 0 Å². The van der Waals surface area contributed by atoms with Crippen molar-refractivity contribution in [3.05, 3.63) is 72.2 Å². The lowest BCUT2D eigenvalue weighted by Gasteiger charge is -2.35. The molecule has 1 saturated heterocycles. The van der Waals surface area contributed by atoms with Gasteiger partial charge in [0.1, 0.15) is 11.5 Å². The van der Waals surface area contributed by atoms with E-state index in [9.17, 15) is 18.3 Å². The molecule has 2 atom stereocenters. The van der Waals surface area contributed by atoms with Crippen molar-refractivity contribution in [1.29, 1.82) is 0 Å². The largest absolute Gasteiger partial charge is 0.390 e. The highest BCUT2D eigenvalue weighted by molar-refractivity contribution is 7.89. The van der Waals surface area contributed by atoms with Crippen molar-refractivity contribution in [1.82, 2.24) is 14.3 Å². The molecule has 1 aliphatic rings. The lowest BCUT2D eigenvalue weighted by atomic mass is 10.0. The summed E-state index contributed by atoms with van der Waals surface area (Å²) < 4.78 is 27.6. The number of hydrogen-bond donors (Lipinski definition) is 3. The Labute approximate surface area is 192 Å². The second kappa shape index (κ2) is 9.26. The zero-order valence-corrected chi connectivity index (χ0v) is 18.9. The van der Waals surface area contributed by atoms with Crippen LogP contribution in [0.5, 0.6) is 0 Å². The molecule has 4 rings (SSSR count). The van der Waals surface area contributed by atoms with Crippen molar-refractivity contribution in [3.8, 4) is 11.1 Å². The number of β-amino-alcohol motifs (C(OH)–C–C–N with tert-alkyl or cyclic N) is 1. The average Bonchev–Trinajstić information content (AvgIpc) is 2.82. The van der Waals surface area contributed by atoms with Crippen LogP contribution < -0.4 is 11.1 Å². The zero-order valence-electron chi connectivity index (χ0n) is 18.0. The van der Waals surface area contributed by atoms with Crippen molar-refractivity contribution in [3.63, 3.8) is 0 Å². The molecule has 2 aromatic heterocycles. The number of nitrogens with two attached hydrogens (primary N) is 1. The van der Waals surface area contributed by atoms with Gasteiger partial charge < -0.3 is 16.2 Å². The number of aromatic nitrogens is 2. The fourth-order valence-electron chi connectivity index (χ4n) is 3.75. The van der Waals surface area contributed by atoms with Crippen LogP contribution in [0.1, 0.15) is 22.5 Å². The van der Waals surface area contributed by atoms with E-state index in [1.165, 1.54) is 22.6 Å². The standard InChI is InChI=1S/C23H25N5O4S/c1-15-2-7-22(26-13-15)27-19-9-11-28(14-21(19)29)33(31,32)18-5-3-16(4-6-18)17-8-10-25-20(12-17)23(24)30/h2-8,10,12-13,19,21,29H,9,11,14H2,1H3,(H2,24,30)(H,26,27)/t19-,21+/m1/s1. The van der Waals surface area contributed by atoms with E-state index in [0.29, 0.717) is 17.8 Å². The van der Waals surface area contributed by atoms with E-state index in [4.69, 9.17) is 5.73 Å². The Morgan fingerprint density at radius 1 is 1.12 bits per heavy atom. The van der Waals surface area contributed by atoms with Crippen molar-refractivity contribution < 1.29 is 18.3 Å². The maximum atomic E-state index is 13.1. The summed E-state index contributed by atoms with van der Waals surface area (Å²) in [5.74, 6) is 0.0119. The number of primary amides is 1. The number of benzene rings is 1. The molecule has 1 aliphatic heterocycles. The lowest BCUT2D eigenvalue weighted by Crippen LogP contribution is -2.51. The summed E-state index contributed by atoms with van der Waals surface area (Å²) in [4.78, 5) is 19.7. The highest BCUT2D eigenvalue weighted by atomic mass is 32.2. The maximum absolute atomic E-state index is 13.1. The number of rotatable bonds is 6. The highest BCUT2D eigenvalue weighted by Crippen LogP contribution is 2.26. The van der Waals surface area contributed by atoms with E-state index in [2.05, 4.69) is 15.3 Å². The molecule has 3 aromatic rings. The van der Waals surface area contributed by atoms with Crippen LogP contribution in [0.25, 0.3) is 11.1 Å². The number of carbonyl (C=O) groups is 1. The summed E-state index contributed by atoms with van der Waals surface area (Å²) in [7, 11) is -3.77. The molecule has 0 bridgehead atoms. The molecular weight excluding hydrogens is 442 g/mol. The Balaban J connectivity index is 1.45. The third-order valence-corrected chi connectivity index (χ3v) is 7.51. The molecule has 1 amide bonds. The molecule has 1 aromatic carbocycles. The smallest absolute Gasteiger partial charge is 0.267 e. The molecule has 0 saturated carbocycles. The molecule has 0 aliphatic carbocycles. The highest BCUT2D eigenvalue weighted by Gasteiger charge is 2.34. The van der Waals surface area contributed by atoms with Crippen LogP contribution in [0.2, 0.25) is 0 Å². The normalized spacial score (nSPS) is 19.2. The summed E-state index contributed by atoms with van der Waals surface area (Å²) in [5.41, 5.74) is 7.88. The number of aryl methyl sites for hydroxylation is 1. The van der Waals surface area contributed by atoms with E-state index in [1.54, 1.807) is 30.5 Å². The SMILES string of the molecule is Cc1ccc(N[C@@H]2CCN(S(=O)(=O)c3ccc(-c4ccnc(C(N)=O)c4)cc3)C[C@@H]2O)nc1. The average molecular weight is 468 g/mol. The van der Waals surface area contributed by atoms with Gasteiger partial charge in [-0.2, -0.15) is 4.31 Å². The van der Waals surface area contributed by atoms with Gasteiger partial charge in [0.2, 0.25) is 10.0 Å². The first-order valence-corrected chi connectivity index (χ1v) is 11.9. The Bertz CT molecular complexity index is 1250. The summed E-state index contributed by atoms with van der Waals surface area (Å²) >= 11 is 0. The van der Waals surface area contributed by atoms with Crippen molar-refractivity contribution in [2.45, 2.75) is 30.4 Å². The maximum Gasteiger partial charge on any atom is 0.267 e. The molecule has 0 spiro atoms. The number of nitrogens with one attached hydrogen (secondary N) is 1. The Kier molecular flexibility index (Phi) is 6.41. The minimum Gasteiger partial charge on any atom is -0.390 e. The topological polar surface area (TPSA) is 139 Å². The lowest BCUT2D eigenvalue weighted by molar-refractivity contribution is 0.0949. The van der Waals surface area contributed by atoms with Crippen LogP contribution >= 0.6 is 0 Å². The minimum atomic E-state index is -3.77. The zero-order chi connectivity index (χ0) is 23.6. The molecule has 1 fully saturated rings. The van der Waals surface area contributed by atoms with E-state index in [1.807, 2.05) is 19.1 Å². The van der Waals surface area contributed by atoms with Crippen LogP contribution in [0.15, 0.2) is 65.8 Å². The molecule has 9 nitrogen and oxygen atoms in total. The third-order valence-electron chi connectivity index (χ3n) is 5.63. The number of aliphatic hydroxyl groups excluding tert-OH is 1. The summed E-state index contributed by atoms with van der Waals surface area (Å²) in [6, 6.07) is 13.1. The van der Waals surface area contributed by atoms with Crippen LogP contribution in [0, 0.1) is 6.92 Å². The molecule has 0 radical (unpaired) electrons. The summed E-state index contributed by atoms with van der Waals surface area (Å²) in [6.07, 6.45) is 2.78. The van der Waals surface area contributed by atoms with Gasteiger partial charge in [-0.3, -0.25) is 9.78 Å². The summed E-state index contributed by atoms with van der Waals surface area (Å²) in [5, 5.41) is 13.8. The van der Waals surface area contributed by atoms with Crippen molar-refractivity contribution >= 4 is 21.7 Å². The molecule has 4 N–H and O–H groups in total. The van der Waals surface area contributed by atoms with Gasteiger partial charge in [0.25, 0.3) is 5.91 Å². The molecule has 172 valence electrons. The third kappa shape index (κ3) is 5.03. The van der Waals surface area contributed by atoms with Gasteiger partial charge in [-0.25, -0.2) is 13.4 Å². The Morgan fingerprint density at radius 3 is 2.52 bits per heavy atom. The predicted molar refractivity (Wildman–Crippen MR) is 124 cm³/mol. The number of sulfonamides is 1. The van der Waals surface area contributed by atoms with Gasteiger partial charge in [-0.05, 0) is 60.4 Å². The van der Waals surface area contributed by atoms with Gasteiger partial charge in [0.15, 0.2) is 0 Å². The first kappa shape index (κ1) is 22.8. The van der Waals surface area contributed by atoms with Gasteiger partial charge in [0.05, 0.1) is 17.0 Å². The summed E-state index contributed by atoms with van der Waals surface area (Å²) in [6.45, 7) is 2.20. The number of hydrogen-bond acceptors (Lipinski definition) is 7. The number of pyridine rings is 2. The van der Waals surface area contributed by atoms with E-state index in [0.717, 1.165) is 11.1 Å². The van der Waals surface area contributed by atoms with Crippen LogP contribution in [-0.2, 0) is 10.0 Å². The van der Waals surface area contributed by atoms with Crippen molar-refractivity contribution in [2.75, 3.05) is 18.4 Å². The number of nitrogens with zero attached hydrogens (tertiary/aromatic N) is 3. The van der Waals surface area contributed by atoms with Gasteiger partial charge in [-0.1, -0.05) is 18.2 Å². The van der Waals surface area contributed by atoms with Gasteiger partial charge in [-0.15, -0.1) is 0 Å². The number of amides is 1. The molecule has 10 heteroatoms. The Hall–Kier alpha value is -3.34. The predicted octanol–water partition coefficient (Wildman–Crippen LogP) is 1.79. The molecule has 3 heterocycles. The van der Waals surface area contributed by atoms with Gasteiger partial charge in [0, 0.05) is 25.5 Å². The fraction of sp³-hybridized carbons (Fsp3) is 0.261. The first-order chi connectivity index (χ1) is 15.7. The Morgan fingerprint density at radius 2 is 1.88 bits per heavy atom.